The van der Waals surface area contributed by atoms with Crippen molar-refractivity contribution in [1.82, 2.24) is 10.6 Å². The third-order valence-corrected chi connectivity index (χ3v) is 2.92. The van der Waals surface area contributed by atoms with Gasteiger partial charge in [0.1, 0.15) is 0 Å². The van der Waals surface area contributed by atoms with E-state index in [4.69, 9.17) is 0 Å². The molecule has 2 atom stereocenters. The van der Waals surface area contributed by atoms with Gasteiger partial charge in [0.05, 0.1) is 0 Å². The van der Waals surface area contributed by atoms with E-state index in [1.807, 2.05) is 13.8 Å². The molecule has 0 rings (SSSR count). The van der Waals surface area contributed by atoms with Crippen LogP contribution in [0.5, 0.6) is 0 Å². The smallest absolute Gasteiger partial charge is 0.224 e. The normalized spacial score (nSPS) is 14.6. The molecule has 0 heterocycles. The lowest BCUT2D eigenvalue weighted by Gasteiger charge is -2.11. The molecule has 90 valence electrons. The number of hydrogen-bond acceptors (Lipinski definition) is 3. The van der Waals surface area contributed by atoms with Crippen LogP contribution >= 0.6 is 0 Å². The molecule has 2 N–H and O–H groups in total. The summed E-state index contributed by atoms with van der Waals surface area (Å²) in [5, 5.41) is 5.96. The molecule has 0 spiro atoms. The average Bonchev–Trinajstić information content (AvgIpc) is 2.20. The highest BCUT2D eigenvalue weighted by atomic mass is 32.2. The van der Waals surface area contributed by atoms with Crippen LogP contribution in [0.1, 0.15) is 20.3 Å². The van der Waals surface area contributed by atoms with Crippen LogP contribution in [-0.2, 0) is 15.6 Å². The molecule has 0 aliphatic carbocycles. The molecule has 5 heteroatoms. The summed E-state index contributed by atoms with van der Waals surface area (Å²) in [5.74, 6) is 0.719. The van der Waals surface area contributed by atoms with Gasteiger partial charge in [0.2, 0.25) is 5.91 Å². The van der Waals surface area contributed by atoms with Crippen LogP contribution in [0.4, 0.5) is 0 Å². The zero-order valence-corrected chi connectivity index (χ0v) is 10.7. The second-order valence-electron chi connectivity index (χ2n) is 3.63. The van der Waals surface area contributed by atoms with Crippen LogP contribution in [0, 0.1) is 5.92 Å². The van der Waals surface area contributed by atoms with Crippen molar-refractivity contribution in [2.45, 2.75) is 20.3 Å². The van der Waals surface area contributed by atoms with Gasteiger partial charge in [-0.05, 0) is 13.0 Å². The Bertz CT molecular complexity index is 210. The Morgan fingerprint density at radius 3 is 2.67 bits per heavy atom. The second kappa shape index (κ2) is 8.85. The average molecular weight is 234 g/mol. The molecule has 0 aliphatic heterocycles. The van der Waals surface area contributed by atoms with Gasteiger partial charge in [-0.15, -0.1) is 0 Å². The highest BCUT2D eigenvalue weighted by Gasteiger charge is 2.10. The van der Waals surface area contributed by atoms with E-state index in [1.54, 1.807) is 6.26 Å². The molecule has 0 aromatic heterocycles. The first-order valence-electron chi connectivity index (χ1n) is 5.36. The van der Waals surface area contributed by atoms with Crippen molar-refractivity contribution < 1.29 is 9.00 Å². The molecule has 2 unspecified atom stereocenters. The van der Waals surface area contributed by atoms with E-state index in [1.165, 1.54) is 0 Å². The number of nitrogens with one attached hydrogen (secondary N) is 2. The Hall–Kier alpha value is -0.420. The van der Waals surface area contributed by atoms with E-state index in [-0.39, 0.29) is 11.8 Å². The molecular formula is C10H22N2O2S. The maximum Gasteiger partial charge on any atom is 0.224 e. The molecule has 0 fully saturated rings. The summed E-state index contributed by atoms with van der Waals surface area (Å²) in [7, 11) is -0.759. The molecule has 0 radical (unpaired) electrons. The van der Waals surface area contributed by atoms with Crippen molar-refractivity contribution >= 4 is 16.7 Å². The summed E-state index contributed by atoms with van der Waals surface area (Å²) >= 11 is 0. The molecule has 1 amide bonds. The molecular weight excluding hydrogens is 212 g/mol. The molecule has 0 saturated carbocycles. The van der Waals surface area contributed by atoms with Gasteiger partial charge < -0.3 is 10.6 Å². The van der Waals surface area contributed by atoms with E-state index in [0.29, 0.717) is 18.8 Å². The van der Waals surface area contributed by atoms with Gasteiger partial charge in [0.15, 0.2) is 0 Å². The topological polar surface area (TPSA) is 58.2 Å². The van der Waals surface area contributed by atoms with Crippen molar-refractivity contribution in [2.75, 3.05) is 31.6 Å². The van der Waals surface area contributed by atoms with Gasteiger partial charge in [-0.2, -0.15) is 0 Å². The van der Waals surface area contributed by atoms with Gasteiger partial charge in [-0.25, -0.2) is 0 Å². The molecule has 0 aromatic rings. The highest BCUT2D eigenvalue weighted by molar-refractivity contribution is 7.84. The Balaban J connectivity index is 3.51. The summed E-state index contributed by atoms with van der Waals surface area (Å²) in [5.41, 5.74) is 0. The fraction of sp³-hybridized carbons (Fsp3) is 0.900. The Morgan fingerprint density at radius 2 is 2.13 bits per heavy atom. The van der Waals surface area contributed by atoms with Crippen molar-refractivity contribution in [3.63, 3.8) is 0 Å². The fourth-order valence-electron chi connectivity index (χ4n) is 1.11. The summed E-state index contributed by atoms with van der Waals surface area (Å²) in [6.07, 6.45) is 2.46. The Morgan fingerprint density at radius 1 is 1.47 bits per heavy atom. The molecule has 0 aliphatic rings. The molecule has 4 nitrogen and oxygen atoms in total. The number of hydrogen-bond donors (Lipinski definition) is 2. The third-order valence-electron chi connectivity index (χ3n) is 2.06. The molecule has 0 bridgehead atoms. The monoisotopic (exact) mass is 234 g/mol. The van der Waals surface area contributed by atoms with E-state index in [9.17, 15) is 9.00 Å². The third kappa shape index (κ3) is 8.57. The minimum absolute atomic E-state index is 0.00271. The van der Waals surface area contributed by atoms with Crippen LogP contribution < -0.4 is 10.6 Å². The summed E-state index contributed by atoms with van der Waals surface area (Å²) in [6, 6.07) is 0. The first kappa shape index (κ1) is 14.6. The lowest BCUT2D eigenvalue weighted by molar-refractivity contribution is -0.124. The number of carbonyl (C=O) groups excluding carboxylic acids is 1. The van der Waals surface area contributed by atoms with Crippen molar-refractivity contribution in [3.8, 4) is 0 Å². The molecule has 0 aromatic carbocycles. The van der Waals surface area contributed by atoms with Gasteiger partial charge >= 0.3 is 0 Å². The number of rotatable bonds is 8. The van der Waals surface area contributed by atoms with Crippen LogP contribution in [-0.4, -0.2) is 41.8 Å². The SMILES string of the molecule is CCNCC(C)C(=O)NCCCS(C)=O. The maximum atomic E-state index is 11.5. The summed E-state index contributed by atoms with van der Waals surface area (Å²) in [6.45, 7) is 6.13. The van der Waals surface area contributed by atoms with E-state index in [2.05, 4.69) is 10.6 Å². The van der Waals surface area contributed by atoms with Crippen LogP contribution in [0.25, 0.3) is 0 Å². The maximum absolute atomic E-state index is 11.5. The lowest BCUT2D eigenvalue weighted by Crippen LogP contribution is -2.36. The number of amides is 1. The number of carbonyl (C=O) groups is 1. The second-order valence-corrected chi connectivity index (χ2v) is 5.19. The standard InChI is InChI=1S/C10H22N2O2S/c1-4-11-8-9(2)10(13)12-6-5-7-15(3)14/h9,11H,4-8H2,1-3H3,(H,12,13). The van der Waals surface area contributed by atoms with Crippen LogP contribution in [0.15, 0.2) is 0 Å². The molecule has 15 heavy (non-hydrogen) atoms. The minimum atomic E-state index is -0.759. The summed E-state index contributed by atoms with van der Waals surface area (Å²) in [4.78, 5) is 11.5. The summed E-state index contributed by atoms with van der Waals surface area (Å²) < 4.78 is 10.8. The first-order valence-corrected chi connectivity index (χ1v) is 7.09. The van der Waals surface area contributed by atoms with E-state index in [0.717, 1.165) is 13.0 Å². The zero-order valence-electron chi connectivity index (χ0n) is 9.84. The van der Waals surface area contributed by atoms with E-state index < -0.39 is 10.8 Å². The first-order chi connectivity index (χ1) is 7.07. The zero-order chi connectivity index (χ0) is 11.7. The van der Waals surface area contributed by atoms with Gasteiger partial charge in [0.25, 0.3) is 0 Å². The Labute approximate surface area is 94.7 Å². The van der Waals surface area contributed by atoms with Crippen LogP contribution in [0.2, 0.25) is 0 Å². The van der Waals surface area contributed by atoms with Crippen LogP contribution in [0.3, 0.4) is 0 Å². The Kier molecular flexibility index (Phi) is 8.61. The quantitative estimate of drug-likeness (QED) is 0.586. The van der Waals surface area contributed by atoms with Crippen molar-refractivity contribution in [2.24, 2.45) is 5.92 Å². The predicted molar refractivity (Wildman–Crippen MR) is 64.3 cm³/mol. The highest BCUT2D eigenvalue weighted by Crippen LogP contribution is 1.92. The van der Waals surface area contributed by atoms with Gasteiger partial charge in [-0.1, -0.05) is 13.8 Å². The van der Waals surface area contributed by atoms with Crippen molar-refractivity contribution in [3.05, 3.63) is 0 Å². The van der Waals surface area contributed by atoms with Crippen molar-refractivity contribution in [1.29, 1.82) is 0 Å². The van der Waals surface area contributed by atoms with Gasteiger partial charge in [0, 0.05) is 41.8 Å². The fourth-order valence-corrected chi connectivity index (χ4v) is 1.67. The van der Waals surface area contributed by atoms with Gasteiger partial charge in [-0.3, -0.25) is 9.00 Å². The largest absolute Gasteiger partial charge is 0.356 e. The molecule has 0 saturated heterocycles. The predicted octanol–water partition coefficient (Wildman–Crippen LogP) is 0.117. The lowest BCUT2D eigenvalue weighted by atomic mass is 10.1. The van der Waals surface area contributed by atoms with E-state index >= 15 is 0 Å². The minimum Gasteiger partial charge on any atom is -0.356 e.